The molecule has 3 N–H and O–H groups in total. The summed E-state index contributed by atoms with van der Waals surface area (Å²) >= 11 is 0. The van der Waals surface area contributed by atoms with Gasteiger partial charge < -0.3 is 15.1 Å². The molecule has 0 aromatic heterocycles. The second-order valence-electron chi connectivity index (χ2n) is 7.47. The zero-order chi connectivity index (χ0) is 20.1. The van der Waals surface area contributed by atoms with Gasteiger partial charge in [-0.15, -0.1) is 0 Å². The number of halogens is 3. The summed E-state index contributed by atoms with van der Waals surface area (Å²) in [7, 11) is 0. The second kappa shape index (κ2) is 8.75. The van der Waals surface area contributed by atoms with Crippen molar-refractivity contribution in [1.82, 2.24) is 0 Å². The minimum atomic E-state index is -4.31. The third kappa shape index (κ3) is 5.81. The molecule has 0 aliphatic carbocycles. The molecular weight excluding hydrogens is 367 g/mol. The number of hydrogen-bond donors (Lipinski definition) is 3. The Bertz CT molecular complexity index is 797. The molecule has 0 spiro atoms. The van der Waals surface area contributed by atoms with Crippen LogP contribution in [0.2, 0.25) is 0 Å². The van der Waals surface area contributed by atoms with Crippen LogP contribution in [0.1, 0.15) is 16.7 Å². The lowest BCUT2D eigenvalue weighted by Gasteiger charge is -2.29. The average Bonchev–Trinajstić information content (AvgIpc) is 2.65. The molecule has 1 amide bonds. The molecule has 1 aliphatic rings. The molecule has 2 aromatic carbocycles. The first-order valence-corrected chi connectivity index (χ1v) is 9.49. The number of carbonyl (C=O) groups excluding carboxylic acids is 1. The molecular formula is C21H26F3N3O+2. The maximum Gasteiger partial charge on any atom is 0.416 e. The highest BCUT2D eigenvalue weighted by atomic mass is 19.4. The molecule has 1 heterocycles. The molecule has 3 rings (SSSR count). The van der Waals surface area contributed by atoms with Crippen molar-refractivity contribution in [2.24, 2.45) is 0 Å². The highest BCUT2D eigenvalue weighted by Gasteiger charge is 2.31. The Morgan fingerprint density at radius 3 is 2.29 bits per heavy atom. The third-order valence-corrected chi connectivity index (χ3v) is 5.12. The zero-order valence-electron chi connectivity index (χ0n) is 15.9. The lowest BCUT2D eigenvalue weighted by molar-refractivity contribution is -1.02. The lowest BCUT2D eigenvalue weighted by atomic mass is 10.1. The first-order chi connectivity index (χ1) is 13.3. The summed E-state index contributed by atoms with van der Waals surface area (Å²) in [6.07, 6.45) is -4.31. The molecule has 1 aliphatic heterocycles. The van der Waals surface area contributed by atoms with Crippen LogP contribution in [0.15, 0.2) is 48.5 Å². The van der Waals surface area contributed by atoms with Crippen molar-refractivity contribution in [1.29, 1.82) is 0 Å². The van der Waals surface area contributed by atoms with E-state index in [2.05, 4.69) is 5.32 Å². The Balaban J connectivity index is 1.45. The van der Waals surface area contributed by atoms with Crippen molar-refractivity contribution in [2.45, 2.75) is 19.6 Å². The summed E-state index contributed by atoms with van der Waals surface area (Å²) in [6, 6.07) is 13.2. The summed E-state index contributed by atoms with van der Waals surface area (Å²) in [6.45, 7) is 6.31. The Morgan fingerprint density at radius 1 is 1.00 bits per heavy atom. The van der Waals surface area contributed by atoms with Crippen LogP contribution >= 0.6 is 0 Å². The van der Waals surface area contributed by atoms with E-state index < -0.39 is 11.7 Å². The molecule has 2 aromatic rings. The van der Waals surface area contributed by atoms with Crippen molar-refractivity contribution in [3.63, 3.8) is 0 Å². The fraction of sp³-hybridized carbons (Fsp3) is 0.381. The Hall–Kier alpha value is -2.38. The molecule has 0 unspecified atom stereocenters. The summed E-state index contributed by atoms with van der Waals surface area (Å²) in [5, 5.41) is 2.91. The number of aryl methyl sites for hydroxylation is 1. The van der Waals surface area contributed by atoms with E-state index in [1.165, 1.54) is 21.9 Å². The molecule has 4 nitrogen and oxygen atoms in total. The number of anilines is 1. The highest BCUT2D eigenvalue weighted by Crippen LogP contribution is 2.29. The van der Waals surface area contributed by atoms with Crippen LogP contribution in [0.3, 0.4) is 0 Å². The minimum Gasteiger partial charge on any atom is -0.322 e. The van der Waals surface area contributed by atoms with E-state index in [-0.39, 0.29) is 5.91 Å². The molecule has 150 valence electrons. The van der Waals surface area contributed by atoms with Crippen molar-refractivity contribution in [2.75, 3.05) is 38.0 Å². The molecule has 0 bridgehead atoms. The molecule has 1 saturated heterocycles. The van der Waals surface area contributed by atoms with Gasteiger partial charge in [0, 0.05) is 11.3 Å². The van der Waals surface area contributed by atoms with Crippen molar-refractivity contribution in [3.05, 3.63) is 65.2 Å². The van der Waals surface area contributed by atoms with E-state index in [0.717, 1.165) is 43.5 Å². The van der Waals surface area contributed by atoms with E-state index in [4.69, 9.17) is 0 Å². The highest BCUT2D eigenvalue weighted by molar-refractivity contribution is 5.91. The van der Waals surface area contributed by atoms with Crippen LogP contribution in [0, 0.1) is 6.92 Å². The van der Waals surface area contributed by atoms with Gasteiger partial charge in [-0.1, -0.05) is 29.8 Å². The quantitative estimate of drug-likeness (QED) is 0.695. The number of benzene rings is 2. The molecule has 0 atom stereocenters. The standard InChI is InChI=1S/C21H24F3N3O/c1-16-5-7-19(8-6-16)25-20(28)15-27-11-9-26(10-12-27)14-17-3-2-4-18(13-17)21(22,23)24/h2-8,13H,9-12,14-15H2,1H3,(H,25,28)/p+2. The maximum atomic E-state index is 12.8. The van der Waals surface area contributed by atoms with Gasteiger partial charge in [0.25, 0.3) is 5.91 Å². The fourth-order valence-corrected chi connectivity index (χ4v) is 3.53. The SMILES string of the molecule is Cc1ccc(NC(=O)C[NH+]2CC[NH+](Cc3cccc(C(F)(F)F)c3)CC2)cc1. The zero-order valence-corrected chi connectivity index (χ0v) is 15.9. The summed E-state index contributed by atoms with van der Waals surface area (Å²) < 4.78 is 38.5. The Kier molecular flexibility index (Phi) is 6.36. The van der Waals surface area contributed by atoms with E-state index in [9.17, 15) is 18.0 Å². The molecule has 7 heteroatoms. The summed E-state index contributed by atoms with van der Waals surface area (Å²) in [4.78, 5) is 14.7. The molecule has 0 saturated carbocycles. The summed E-state index contributed by atoms with van der Waals surface area (Å²) in [5.41, 5.74) is 2.04. The van der Waals surface area contributed by atoms with E-state index in [1.807, 2.05) is 31.2 Å². The van der Waals surface area contributed by atoms with Crippen LogP contribution < -0.4 is 15.1 Å². The van der Waals surface area contributed by atoms with Gasteiger partial charge in [0.05, 0.1) is 5.56 Å². The average molecular weight is 393 g/mol. The number of quaternary nitrogens is 2. The van der Waals surface area contributed by atoms with Gasteiger partial charge in [0.2, 0.25) is 0 Å². The molecule has 0 radical (unpaired) electrons. The van der Waals surface area contributed by atoms with Crippen LogP contribution in [0.4, 0.5) is 18.9 Å². The Morgan fingerprint density at radius 2 is 1.64 bits per heavy atom. The smallest absolute Gasteiger partial charge is 0.322 e. The summed E-state index contributed by atoms with van der Waals surface area (Å²) in [5.74, 6) is -0.0137. The van der Waals surface area contributed by atoms with Crippen LogP contribution in [-0.2, 0) is 17.5 Å². The Labute approximate surface area is 162 Å². The van der Waals surface area contributed by atoms with Crippen LogP contribution in [-0.4, -0.2) is 38.6 Å². The largest absolute Gasteiger partial charge is 0.416 e. The fourth-order valence-electron chi connectivity index (χ4n) is 3.53. The number of alkyl halides is 3. The van der Waals surface area contributed by atoms with Crippen LogP contribution in [0.5, 0.6) is 0 Å². The monoisotopic (exact) mass is 393 g/mol. The van der Waals surface area contributed by atoms with E-state index in [1.54, 1.807) is 6.07 Å². The number of piperazine rings is 1. The van der Waals surface area contributed by atoms with Gasteiger partial charge in [0.1, 0.15) is 32.7 Å². The molecule has 1 fully saturated rings. The number of hydrogen-bond acceptors (Lipinski definition) is 1. The van der Waals surface area contributed by atoms with Gasteiger partial charge in [-0.3, -0.25) is 4.79 Å². The van der Waals surface area contributed by atoms with Gasteiger partial charge >= 0.3 is 6.18 Å². The lowest BCUT2D eigenvalue weighted by Crippen LogP contribution is -3.28. The maximum absolute atomic E-state index is 12.8. The van der Waals surface area contributed by atoms with Crippen molar-refractivity contribution < 1.29 is 27.8 Å². The number of rotatable bonds is 5. The van der Waals surface area contributed by atoms with Gasteiger partial charge in [-0.05, 0) is 31.2 Å². The van der Waals surface area contributed by atoms with Gasteiger partial charge in [-0.25, -0.2) is 0 Å². The first kappa shape index (κ1) is 20.4. The third-order valence-electron chi connectivity index (χ3n) is 5.12. The molecule has 28 heavy (non-hydrogen) atoms. The van der Waals surface area contributed by atoms with E-state index >= 15 is 0 Å². The normalized spacial score (nSPS) is 20.0. The number of nitrogens with one attached hydrogen (secondary N) is 3. The van der Waals surface area contributed by atoms with Crippen LogP contribution in [0.25, 0.3) is 0 Å². The van der Waals surface area contributed by atoms with Crippen molar-refractivity contribution in [3.8, 4) is 0 Å². The topological polar surface area (TPSA) is 38.0 Å². The predicted molar refractivity (Wildman–Crippen MR) is 101 cm³/mol. The second-order valence-corrected chi connectivity index (χ2v) is 7.47. The van der Waals surface area contributed by atoms with Gasteiger partial charge in [-0.2, -0.15) is 13.2 Å². The minimum absolute atomic E-state index is 0.0137. The predicted octanol–water partition coefficient (Wildman–Crippen LogP) is 0.936. The van der Waals surface area contributed by atoms with Gasteiger partial charge in [0.15, 0.2) is 6.54 Å². The van der Waals surface area contributed by atoms with Crippen molar-refractivity contribution >= 4 is 11.6 Å². The first-order valence-electron chi connectivity index (χ1n) is 9.49. The number of amides is 1. The number of carbonyl (C=O) groups is 1. The van der Waals surface area contributed by atoms with E-state index in [0.29, 0.717) is 18.7 Å².